The van der Waals surface area contributed by atoms with Crippen molar-refractivity contribution in [2.45, 2.75) is 39.2 Å². The number of nitrogens with one attached hydrogen (secondary N) is 1. The summed E-state index contributed by atoms with van der Waals surface area (Å²) in [6, 6.07) is 1.73. The van der Waals surface area contributed by atoms with Crippen molar-refractivity contribution in [2.24, 2.45) is 0 Å². The van der Waals surface area contributed by atoms with Crippen LogP contribution >= 0.6 is 0 Å². The number of hydrogen-bond acceptors (Lipinski definition) is 4. The van der Waals surface area contributed by atoms with Gasteiger partial charge in [-0.05, 0) is 26.2 Å². The number of amides is 1. The van der Waals surface area contributed by atoms with Gasteiger partial charge in [-0.1, -0.05) is 12.1 Å². The van der Waals surface area contributed by atoms with Crippen molar-refractivity contribution in [3.63, 3.8) is 0 Å². The third kappa shape index (κ3) is 2.21. The number of aromatic amines is 1. The molecule has 106 valence electrons. The summed E-state index contributed by atoms with van der Waals surface area (Å²) in [4.78, 5) is 21.9. The molecule has 6 nitrogen and oxygen atoms in total. The molecule has 3 rings (SSSR count). The largest absolute Gasteiger partial charge is 0.351 e. The Kier molecular flexibility index (Phi) is 3.30. The maximum Gasteiger partial charge on any atom is 0.293 e. The third-order valence-corrected chi connectivity index (χ3v) is 3.68. The number of carbonyl (C=O) groups is 1. The molecule has 1 aliphatic rings. The minimum atomic E-state index is -0.103. The number of nitrogens with zero attached hydrogens (tertiary/aromatic N) is 3. The first-order chi connectivity index (χ1) is 9.69. The van der Waals surface area contributed by atoms with E-state index in [1.807, 2.05) is 18.7 Å². The van der Waals surface area contributed by atoms with Crippen LogP contribution in [-0.2, 0) is 6.42 Å². The molecule has 0 radical (unpaired) electrons. The van der Waals surface area contributed by atoms with Gasteiger partial charge in [0.05, 0.1) is 11.7 Å². The Balaban J connectivity index is 1.83. The van der Waals surface area contributed by atoms with Gasteiger partial charge < -0.3 is 14.4 Å². The van der Waals surface area contributed by atoms with E-state index < -0.39 is 0 Å². The van der Waals surface area contributed by atoms with Gasteiger partial charge in [-0.15, -0.1) is 0 Å². The van der Waals surface area contributed by atoms with Gasteiger partial charge in [0.1, 0.15) is 5.82 Å². The Labute approximate surface area is 117 Å². The number of rotatable bonds is 3. The SMILES string of the molecule is CCc1cc(C(=O)N2CCCC2c2ncc(C)[nH]2)on1. The molecule has 1 atom stereocenters. The summed E-state index contributed by atoms with van der Waals surface area (Å²) in [6.45, 7) is 4.67. The van der Waals surface area contributed by atoms with Crippen LogP contribution < -0.4 is 0 Å². The molecule has 0 saturated carbocycles. The normalized spacial score (nSPS) is 18.7. The fourth-order valence-electron chi connectivity index (χ4n) is 2.62. The quantitative estimate of drug-likeness (QED) is 0.931. The van der Waals surface area contributed by atoms with E-state index in [1.54, 1.807) is 12.3 Å². The number of likely N-dealkylation sites (tertiary alicyclic amines) is 1. The van der Waals surface area contributed by atoms with Gasteiger partial charge in [-0.3, -0.25) is 4.79 Å². The second-order valence-corrected chi connectivity index (χ2v) is 5.14. The fourth-order valence-corrected chi connectivity index (χ4v) is 2.62. The van der Waals surface area contributed by atoms with Crippen LogP contribution in [-0.4, -0.2) is 32.5 Å². The zero-order chi connectivity index (χ0) is 14.1. The highest BCUT2D eigenvalue weighted by Crippen LogP contribution is 2.31. The predicted octanol–water partition coefficient (Wildman–Crippen LogP) is 2.25. The number of carbonyl (C=O) groups excluding carboxylic acids is 1. The molecule has 0 bridgehead atoms. The van der Waals surface area contributed by atoms with Crippen LogP contribution in [0.25, 0.3) is 0 Å². The highest BCUT2D eigenvalue weighted by molar-refractivity contribution is 5.91. The second kappa shape index (κ2) is 5.11. The van der Waals surface area contributed by atoms with Gasteiger partial charge >= 0.3 is 0 Å². The van der Waals surface area contributed by atoms with E-state index in [4.69, 9.17) is 4.52 Å². The summed E-state index contributed by atoms with van der Waals surface area (Å²) in [6.07, 6.45) is 4.45. The molecule has 1 fully saturated rings. The second-order valence-electron chi connectivity index (χ2n) is 5.14. The van der Waals surface area contributed by atoms with Gasteiger partial charge in [0.25, 0.3) is 5.91 Å². The predicted molar refractivity (Wildman–Crippen MR) is 72.2 cm³/mol. The molecule has 3 heterocycles. The summed E-state index contributed by atoms with van der Waals surface area (Å²) in [5, 5.41) is 3.88. The van der Waals surface area contributed by atoms with E-state index >= 15 is 0 Å². The minimum absolute atomic E-state index is 0.00590. The first-order valence-electron chi connectivity index (χ1n) is 6.97. The summed E-state index contributed by atoms with van der Waals surface area (Å²) >= 11 is 0. The molecule has 1 amide bonds. The lowest BCUT2D eigenvalue weighted by Crippen LogP contribution is -2.30. The van der Waals surface area contributed by atoms with E-state index in [0.717, 1.165) is 43.0 Å². The van der Waals surface area contributed by atoms with E-state index in [2.05, 4.69) is 15.1 Å². The number of H-pyrrole nitrogens is 1. The van der Waals surface area contributed by atoms with Gasteiger partial charge in [-0.25, -0.2) is 4.98 Å². The smallest absolute Gasteiger partial charge is 0.293 e. The van der Waals surface area contributed by atoms with Crippen molar-refractivity contribution in [3.8, 4) is 0 Å². The van der Waals surface area contributed by atoms with Crippen LogP contribution in [0.4, 0.5) is 0 Å². The van der Waals surface area contributed by atoms with Crippen LogP contribution in [0.1, 0.15) is 53.6 Å². The van der Waals surface area contributed by atoms with Crippen molar-refractivity contribution in [1.82, 2.24) is 20.0 Å². The number of aryl methyl sites for hydroxylation is 2. The maximum absolute atomic E-state index is 12.5. The molecule has 6 heteroatoms. The van der Waals surface area contributed by atoms with Crippen molar-refractivity contribution >= 4 is 5.91 Å². The van der Waals surface area contributed by atoms with Gasteiger partial charge in [-0.2, -0.15) is 0 Å². The first kappa shape index (κ1) is 12.9. The Bertz CT molecular complexity index is 616. The lowest BCUT2D eigenvalue weighted by Gasteiger charge is -2.21. The summed E-state index contributed by atoms with van der Waals surface area (Å²) in [5.41, 5.74) is 1.81. The van der Waals surface area contributed by atoms with Crippen molar-refractivity contribution < 1.29 is 9.32 Å². The highest BCUT2D eigenvalue weighted by Gasteiger charge is 2.34. The Morgan fingerprint density at radius 2 is 2.45 bits per heavy atom. The van der Waals surface area contributed by atoms with Crippen LogP contribution in [0.15, 0.2) is 16.8 Å². The minimum Gasteiger partial charge on any atom is -0.351 e. The fraction of sp³-hybridized carbons (Fsp3) is 0.500. The average Bonchev–Trinajstić information content (AvgIpc) is 3.17. The molecule has 1 saturated heterocycles. The maximum atomic E-state index is 12.5. The van der Waals surface area contributed by atoms with E-state index in [0.29, 0.717) is 5.76 Å². The molecule has 1 N–H and O–H groups in total. The van der Waals surface area contributed by atoms with Crippen LogP contribution in [0.5, 0.6) is 0 Å². The van der Waals surface area contributed by atoms with Crippen LogP contribution in [0.3, 0.4) is 0 Å². The molecule has 0 aliphatic carbocycles. The topological polar surface area (TPSA) is 75.0 Å². The Morgan fingerprint density at radius 3 is 3.10 bits per heavy atom. The van der Waals surface area contributed by atoms with Crippen LogP contribution in [0, 0.1) is 6.92 Å². The molecule has 2 aromatic rings. The molecule has 1 aliphatic heterocycles. The Hall–Kier alpha value is -2.11. The van der Waals surface area contributed by atoms with Gasteiger partial charge in [0.15, 0.2) is 0 Å². The molecular weight excluding hydrogens is 256 g/mol. The van der Waals surface area contributed by atoms with E-state index in [9.17, 15) is 4.79 Å². The molecule has 2 aromatic heterocycles. The molecular formula is C14H18N4O2. The number of hydrogen-bond donors (Lipinski definition) is 1. The molecule has 20 heavy (non-hydrogen) atoms. The van der Waals surface area contributed by atoms with Crippen molar-refractivity contribution in [1.29, 1.82) is 0 Å². The van der Waals surface area contributed by atoms with Crippen molar-refractivity contribution in [3.05, 3.63) is 35.2 Å². The molecule has 1 unspecified atom stereocenters. The summed E-state index contributed by atoms with van der Waals surface area (Å²) in [5.74, 6) is 1.06. The number of aromatic nitrogens is 3. The lowest BCUT2D eigenvalue weighted by atomic mass is 10.2. The van der Waals surface area contributed by atoms with Gasteiger partial charge in [0, 0.05) is 24.5 Å². The van der Waals surface area contributed by atoms with E-state index in [1.165, 1.54) is 0 Å². The Morgan fingerprint density at radius 1 is 1.60 bits per heavy atom. The monoisotopic (exact) mass is 274 g/mol. The van der Waals surface area contributed by atoms with E-state index in [-0.39, 0.29) is 11.9 Å². The molecule has 0 spiro atoms. The average molecular weight is 274 g/mol. The standard InChI is InChI=1S/C14H18N4O2/c1-3-10-7-12(20-17-10)14(19)18-6-4-5-11(18)13-15-8-9(2)16-13/h7-8,11H,3-6H2,1-2H3,(H,15,16). The lowest BCUT2D eigenvalue weighted by molar-refractivity contribution is 0.0688. The first-order valence-corrected chi connectivity index (χ1v) is 6.97. The third-order valence-electron chi connectivity index (χ3n) is 3.68. The van der Waals surface area contributed by atoms with Crippen molar-refractivity contribution in [2.75, 3.05) is 6.54 Å². The zero-order valence-electron chi connectivity index (χ0n) is 11.7. The molecule has 0 aromatic carbocycles. The van der Waals surface area contributed by atoms with Crippen LogP contribution in [0.2, 0.25) is 0 Å². The summed E-state index contributed by atoms with van der Waals surface area (Å²) in [7, 11) is 0. The highest BCUT2D eigenvalue weighted by atomic mass is 16.5. The summed E-state index contributed by atoms with van der Waals surface area (Å²) < 4.78 is 5.15. The zero-order valence-corrected chi connectivity index (χ0v) is 11.7. The number of imidazole rings is 1. The van der Waals surface area contributed by atoms with Gasteiger partial charge in [0.2, 0.25) is 5.76 Å².